The number of fused-ring (bicyclic) bond motifs is 1. The number of furan rings is 1. The molecule has 0 bridgehead atoms. The number of hydrogen-bond donors (Lipinski definition) is 2. The summed E-state index contributed by atoms with van der Waals surface area (Å²) in [6.45, 7) is 0. The lowest BCUT2D eigenvalue weighted by Gasteiger charge is -2.57. The SMILES string of the molecule is N=[S@](=O)(c1cc(C2CC3(CC(c4nc5cc(Cl)ccc5o4)C3)C2)c(C(N)=O)o1)C1CC1. The van der Waals surface area contributed by atoms with E-state index in [0.29, 0.717) is 10.6 Å². The van der Waals surface area contributed by atoms with Crippen LogP contribution in [0.1, 0.15) is 72.4 Å². The maximum atomic E-state index is 12.8. The van der Waals surface area contributed by atoms with Crippen LogP contribution in [0.4, 0.5) is 0 Å². The molecule has 6 rings (SSSR count). The highest BCUT2D eigenvalue weighted by atomic mass is 35.5. The molecule has 9 heteroatoms. The Morgan fingerprint density at radius 2 is 1.87 bits per heavy atom. The van der Waals surface area contributed by atoms with Crippen molar-refractivity contribution >= 4 is 38.3 Å². The Labute approximate surface area is 184 Å². The van der Waals surface area contributed by atoms with Crippen LogP contribution in [0.25, 0.3) is 11.1 Å². The van der Waals surface area contributed by atoms with Crippen LogP contribution in [0.2, 0.25) is 5.02 Å². The number of carbonyl (C=O) groups is 1. The Kier molecular flexibility index (Phi) is 3.97. The lowest BCUT2D eigenvalue weighted by molar-refractivity contribution is -0.0188. The van der Waals surface area contributed by atoms with Crippen LogP contribution in [0.5, 0.6) is 0 Å². The normalized spacial score (nSPS) is 29.5. The number of carbonyl (C=O) groups excluding carboxylic acids is 1. The number of primary amides is 1. The molecule has 2 heterocycles. The maximum Gasteiger partial charge on any atom is 0.284 e. The fourth-order valence-corrected chi connectivity index (χ4v) is 7.19. The summed E-state index contributed by atoms with van der Waals surface area (Å²) in [7, 11) is -3.00. The third-order valence-electron chi connectivity index (χ3n) is 7.13. The van der Waals surface area contributed by atoms with Gasteiger partial charge in [0.15, 0.2) is 22.3 Å². The Morgan fingerprint density at radius 1 is 1.16 bits per heavy atom. The van der Waals surface area contributed by atoms with E-state index in [2.05, 4.69) is 4.98 Å². The van der Waals surface area contributed by atoms with Crippen molar-refractivity contribution in [3.8, 4) is 0 Å². The van der Waals surface area contributed by atoms with Crippen molar-refractivity contribution < 1.29 is 17.8 Å². The average molecular weight is 460 g/mol. The van der Waals surface area contributed by atoms with Crippen LogP contribution in [-0.2, 0) is 9.73 Å². The van der Waals surface area contributed by atoms with Gasteiger partial charge in [0.2, 0.25) is 0 Å². The van der Waals surface area contributed by atoms with Gasteiger partial charge in [0.05, 0.1) is 5.25 Å². The van der Waals surface area contributed by atoms with Gasteiger partial charge in [-0.2, -0.15) is 0 Å². The lowest BCUT2D eigenvalue weighted by atomic mass is 9.47. The first-order chi connectivity index (χ1) is 14.7. The summed E-state index contributed by atoms with van der Waals surface area (Å²) in [5.74, 6) is 0.586. The quantitative estimate of drug-likeness (QED) is 0.543. The summed E-state index contributed by atoms with van der Waals surface area (Å²) < 4.78 is 32.5. The number of nitrogens with two attached hydrogens (primary N) is 1. The van der Waals surface area contributed by atoms with Gasteiger partial charge in [-0.15, -0.1) is 0 Å². The number of nitrogens with one attached hydrogen (secondary N) is 1. The molecular formula is C22H22ClN3O4S. The zero-order valence-electron chi connectivity index (χ0n) is 16.7. The average Bonchev–Trinajstić information content (AvgIpc) is 3.29. The molecule has 1 spiro atoms. The summed E-state index contributed by atoms with van der Waals surface area (Å²) in [6, 6.07) is 7.11. The Morgan fingerprint density at radius 3 is 2.55 bits per heavy atom. The van der Waals surface area contributed by atoms with E-state index in [-0.39, 0.29) is 33.4 Å². The fourth-order valence-electron chi connectivity index (χ4n) is 5.38. The molecule has 7 nitrogen and oxygen atoms in total. The largest absolute Gasteiger partial charge is 0.441 e. The summed E-state index contributed by atoms with van der Waals surface area (Å²) >= 11 is 6.04. The standard InChI is InChI=1S/C22H22ClN3O4S/c23-13-1-4-17-16(5-13)26-21(29-17)12-9-22(10-12)7-11(8-22)15-6-18(30-19(15)20(24)27)31(25,28)14-2-3-14/h1,4-6,11-12,14,25H,2-3,7-10H2,(H2,24,27)/t11?,12?,22?,31-/m1/s1. The molecule has 31 heavy (non-hydrogen) atoms. The van der Waals surface area contributed by atoms with Crippen LogP contribution in [0.3, 0.4) is 0 Å². The number of nitrogens with zero attached hydrogens (tertiary/aromatic N) is 1. The van der Waals surface area contributed by atoms with Crippen molar-refractivity contribution in [1.29, 1.82) is 4.78 Å². The number of hydrogen-bond acceptors (Lipinski definition) is 6. The monoisotopic (exact) mass is 459 g/mol. The summed E-state index contributed by atoms with van der Waals surface area (Å²) in [4.78, 5) is 16.5. The van der Waals surface area contributed by atoms with Gasteiger partial charge in [-0.25, -0.2) is 14.0 Å². The summed E-state index contributed by atoms with van der Waals surface area (Å²) in [6.07, 6.45) is 5.32. The van der Waals surface area contributed by atoms with Gasteiger partial charge in [0, 0.05) is 16.5 Å². The molecule has 3 N–H and O–H groups in total. The lowest BCUT2D eigenvalue weighted by Crippen LogP contribution is -2.45. The van der Waals surface area contributed by atoms with Gasteiger partial charge in [0.1, 0.15) is 15.2 Å². The molecule has 3 aromatic rings. The molecule has 0 aliphatic heterocycles. The van der Waals surface area contributed by atoms with Gasteiger partial charge in [0.25, 0.3) is 5.91 Å². The number of amides is 1. The number of halogens is 1. The molecule has 3 fully saturated rings. The molecule has 1 aromatic carbocycles. The number of aromatic nitrogens is 1. The highest BCUT2D eigenvalue weighted by molar-refractivity contribution is 7.93. The van der Waals surface area contributed by atoms with Crippen LogP contribution in [0.15, 0.2) is 38.2 Å². The summed E-state index contributed by atoms with van der Waals surface area (Å²) in [5.41, 5.74) is 7.97. The van der Waals surface area contributed by atoms with Crippen molar-refractivity contribution in [3.63, 3.8) is 0 Å². The second-order valence-electron chi connectivity index (χ2n) is 9.39. The van der Waals surface area contributed by atoms with E-state index in [1.54, 1.807) is 12.1 Å². The van der Waals surface area contributed by atoms with Crippen LogP contribution in [0, 0.1) is 10.2 Å². The van der Waals surface area contributed by atoms with Gasteiger partial charge in [-0.1, -0.05) is 11.6 Å². The van der Waals surface area contributed by atoms with Crippen LogP contribution < -0.4 is 5.73 Å². The molecular weight excluding hydrogens is 438 g/mol. The van der Waals surface area contributed by atoms with E-state index in [4.69, 9.17) is 30.9 Å². The molecule has 1 amide bonds. The van der Waals surface area contributed by atoms with E-state index in [0.717, 1.165) is 55.5 Å². The molecule has 0 unspecified atom stereocenters. The molecule has 0 radical (unpaired) electrons. The number of benzene rings is 1. The molecule has 0 saturated heterocycles. The number of oxazole rings is 1. The van der Waals surface area contributed by atoms with E-state index < -0.39 is 15.6 Å². The first-order valence-electron chi connectivity index (χ1n) is 10.5. The zero-order valence-corrected chi connectivity index (χ0v) is 18.3. The minimum absolute atomic E-state index is 0.0715. The maximum absolute atomic E-state index is 12.8. The minimum Gasteiger partial charge on any atom is -0.441 e. The van der Waals surface area contributed by atoms with Crippen molar-refractivity contribution in [3.05, 3.63) is 46.5 Å². The third kappa shape index (κ3) is 3.03. The van der Waals surface area contributed by atoms with Gasteiger partial charge >= 0.3 is 0 Å². The van der Waals surface area contributed by atoms with E-state index in [1.807, 2.05) is 12.1 Å². The Bertz CT molecular complexity index is 1320. The van der Waals surface area contributed by atoms with Crippen molar-refractivity contribution in [2.24, 2.45) is 11.1 Å². The van der Waals surface area contributed by atoms with Crippen LogP contribution >= 0.6 is 11.6 Å². The van der Waals surface area contributed by atoms with E-state index in [1.165, 1.54) is 0 Å². The molecule has 3 aliphatic carbocycles. The Balaban J connectivity index is 1.18. The second-order valence-corrected chi connectivity index (χ2v) is 12.1. The highest BCUT2D eigenvalue weighted by Crippen LogP contribution is 2.66. The molecule has 3 saturated carbocycles. The van der Waals surface area contributed by atoms with Gasteiger partial charge < -0.3 is 14.6 Å². The topological polar surface area (TPSA) is 123 Å². The van der Waals surface area contributed by atoms with Crippen molar-refractivity contribution in [2.45, 2.75) is 60.7 Å². The molecule has 1 atom stereocenters. The predicted molar refractivity (Wildman–Crippen MR) is 115 cm³/mol. The zero-order chi connectivity index (χ0) is 21.5. The molecule has 2 aromatic heterocycles. The van der Waals surface area contributed by atoms with Gasteiger partial charge in [-0.05, 0) is 74.1 Å². The Hall–Kier alpha value is -2.32. The van der Waals surface area contributed by atoms with Crippen LogP contribution in [-0.4, -0.2) is 20.3 Å². The predicted octanol–water partition coefficient (Wildman–Crippen LogP) is 5.18. The van der Waals surface area contributed by atoms with Crippen molar-refractivity contribution in [1.82, 2.24) is 4.98 Å². The minimum atomic E-state index is -3.00. The fraction of sp³-hybridized carbons (Fsp3) is 0.455. The first kappa shape index (κ1) is 19.4. The summed E-state index contributed by atoms with van der Waals surface area (Å²) in [5, 5.41) is 0.581. The highest BCUT2D eigenvalue weighted by Gasteiger charge is 2.55. The van der Waals surface area contributed by atoms with Gasteiger partial charge in [-0.3, -0.25) is 4.79 Å². The molecule has 162 valence electrons. The third-order valence-corrected chi connectivity index (χ3v) is 9.57. The second kappa shape index (κ2) is 6.36. The first-order valence-corrected chi connectivity index (χ1v) is 12.5. The molecule has 3 aliphatic rings. The smallest absolute Gasteiger partial charge is 0.284 e. The van der Waals surface area contributed by atoms with Crippen molar-refractivity contribution in [2.75, 3.05) is 0 Å². The van der Waals surface area contributed by atoms with E-state index >= 15 is 0 Å². The van der Waals surface area contributed by atoms with E-state index in [9.17, 15) is 9.00 Å². The number of rotatable bonds is 5.